The largest absolute Gasteiger partial charge is 0.318 e. The molecule has 1 aromatic heterocycles. The SMILES string of the molecule is CC1(C)CCCN(Nc2ccc3cnc(NN4CCCC(C)(C)C4(C)C)nc3c2)C1(C)C. The van der Waals surface area contributed by atoms with Crippen LogP contribution in [-0.4, -0.2) is 44.2 Å². The number of hydrogen-bond acceptors (Lipinski definition) is 6. The zero-order valence-corrected chi connectivity index (χ0v) is 21.3. The van der Waals surface area contributed by atoms with E-state index in [4.69, 9.17) is 4.98 Å². The van der Waals surface area contributed by atoms with Crippen LogP contribution in [0.5, 0.6) is 0 Å². The molecule has 0 aliphatic carbocycles. The van der Waals surface area contributed by atoms with E-state index < -0.39 is 0 Å². The highest BCUT2D eigenvalue weighted by molar-refractivity contribution is 5.82. The summed E-state index contributed by atoms with van der Waals surface area (Å²) in [5.41, 5.74) is 9.79. The van der Waals surface area contributed by atoms with Gasteiger partial charge in [-0.25, -0.2) is 20.0 Å². The van der Waals surface area contributed by atoms with Gasteiger partial charge in [-0.1, -0.05) is 27.7 Å². The molecule has 2 aliphatic rings. The van der Waals surface area contributed by atoms with E-state index in [9.17, 15) is 0 Å². The zero-order valence-electron chi connectivity index (χ0n) is 21.3. The van der Waals surface area contributed by atoms with E-state index in [0.717, 1.165) is 29.7 Å². The smallest absolute Gasteiger partial charge is 0.238 e. The van der Waals surface area contributed by atoms with Gasteiger partial charge in [0.25, 0.3) is 0 Å². The topological polar surface area (TPSA) is 56.3 Å². The van der Waals surface area contributed by atoms with Crippen LogP contribution >= 0.6 is 0 Å². The predicted octanol–water partition coefficient (Wildman–Crippen LogP) is 6.08. The second-order valence-electron chi connectivity index (χ2n) is 12.1. The van der Waals surface area contributed by atoms with Gasteiger partial charge in [0.15, 0.2) is 0 Å². The molecule has 2 aliphatic heterocycles. The fourth-order valence-corrected chi connectivity index (χ4v) is 5.07. The minimum Gasteiger partial charge on any atom is -0.318 e. The summed E-state index contributed by atoms with van der Waals surface area (Å²) in [5, 5.41) is 5.77. The van der Waals surface area contributed by atoms with E-state index in [2.05, 4.69) is 99.4 Å². The molecular weight excluding hydrogens is 396 g/mol. The Morgan fingerprint density at radius 2 is 1.34 bits per heavy atom. The summed E-state index contributed by atoms with van der Waals surface area (Å²) in [6, 6.07) is 6.38. The van der Waals surface area contributed by atoms with Crippen LogP contribution in [0.25, 0.3) is 10.9 Å². The number of fused-ring (bicyclic) bond motifs is 1. The molecule has 0 amide bonds. The van der Waals surface area contributed by atoms with Gasteiger partial charge in [-0.05, 0) is 82.4 Å². The van der Waals surface area contributed by atoms with Gasteiger partial charge in [-0.2, -0.15) is 0 Å². The molecule has 1 aromatic carbocycles. The molecule has 0 radical (unpaired) electrons. The average Bonchev–Trinajstić information content (AvgIpc) is 2.69. The van der Waals surface area contributed by atoms with Gasteiger partial charge in [-0.3, -0.25) is 5.43 Å². The first-order valence-corrected chi connectivity index (χ1v) is 12.2. The van der Waals surface area contributed by atoms with E-state index in [0.29, 0.717) is 5.95 Å². The minimum atomic E-state index is 0.0135. The van der Waals surface area contributed by atoms with E-state index in [1.165, 1.54) is 25.7 Å². The van der Waals surface area contributed by atoms with Gasteiger partial charge in [-0.15, -0.1) is 0 Å². The molecule has 0 saturated carbocycles. The van der Waals surface area contributed by atoms with Crippen LogP contribution in [0.15, 0.2) is 24.4 Å². The van der Waals surface area contributed by atoms with Gasteiger partial charge in [0, 0.05) is 35.8 Å². The third kappa shape index (κ3) is 3.96. The molecule has 32 heavy (non-hydrogen) atoms. The van der Waals surface area contributed by atoms with Crippen LogP contribution in [0.1, 0.15) is 81.1 Å². The molecule has 4 rings (SSSR count). The van der Waals surface area contributed by atoms with E-state index >= 15 is 0 Å². The fraction of sp³-hybridized carbons (Fsp3) is 0.692. The number of aromatic nitrogens is 2. The lowest BCUT2D eigenvalue weighted by molar-refractivity contribution is -0.0136. The second-order valence-corrected chi connectivity index (χ2v) is 12.1. The lowest BCUT2D eigenvalue weighted by atomic mass is 9.69. The highest BCUT2D eigenvalue weighted by Crippen LogP contribution is 2.44. The van der Waals surface area contributed by atoms with E-state index in [1.54, 1.807) is 0 Å². The first kappa shape index (κ1) is 23.2. The number of piperidine rings is 2. The quantitative estimate of drug-likeness (QED) is 0.603. The standard InChI is InChI=1S/C26H42N6/c1-23(2)13-9-15-31(25(23,5)6)29-20-12-11-19-18-27-22(28-21(19)17-20)30-32-16-10-14-24(3,4)26(32,7)8/h11-12,17-18,29H,9-10,13-16H2,1-8H3,(H,27,28,30). The number of nitrogens with one attached hydrogen (secondary N) is 2. The van der Waals surface area contributed by atoms with Crippen LogP contribution in [-0.2, 0) is 0 Å². The van der Waals surface area contributed by atoms with Crippen LogP contribution in [0, 0.1) is 10.8 Å². The summed E-state index contributed by atoms with van der Waals surface area (Å²) in [6.45, 7) is 20.8. The number of hydrogen-bond donors (Lipinski definition) is 2. The molecule has 0 unspecified atom stereocenters. The second kappa shape index (κ2) is 7.84. The normalized spacial score (nSPS) is 24.9. The van der Waals surface area contributed by atoms with Crippen molar-refractivity contribution in [3.8, 4) is 0 Å². The monoisotopic (exact) mass is 438 g/mol. The molecule has 2 fully saturated rings. The molecule has 0 spiro atoms. The molecule has 6 nitrogen and oxygen atoms in total. The Morgan fingerprint density at radius 3 is 1.94 bits per heavy atom. The summed E-state index contributed by atoms with van der Waals surface area (Å²) in [7, 11) is 0. The van der Waals surface area contributed by atoms with Gasteiger partial charge < -0.3 is 5.43 Å². The number of nitrogens with zero attached hydrogens (tertiary/aromatic N) is 4. The van der Waals surface area contributed by atoms with Crippen LogP contribution in [0.2, 0.25) is 0 Å². The third-order valence-corrected chi connectivity index (χ3v) is 9.11. The average molecular weight is 439 g/mol. The van der Waals surface area contributed by atoms with Crippen LogP contribution in [0.4, 0.5) is 11.6 Å². The van der Waals surface area contributed by atoms with E-state index in [1.807, 2.05) is 6.20 Å². The number of anilines is 2. The van der Waals surface area contributed by atoms with Crippen molar-refractivity contribution < 1.29 is 0 Å². The molecule has 3 heterocycles. The Labute approximate surface area is 194 Å². The van der Waals surface area contributed by atoms with Crippen molar-refractivity contribution in [3.05, 3.63) is 24.4 Å². The van der Waals surface area contributed by atoms with Gasteiger partial charge in [0.2, 0.25) is 5.95 Å². The maximum atomic E-state index is 4.88. The molecular formula is C26H42N6. The van der Waals surface area contributed by atoms with Gasteiger partial charge in [0.1, 0.15) is 0 Å². The first-order valence-electron chi connectivity index (χ1n) is 12.2. The lowest BCUT2D eigenvalue weighted by Gasteiger charge is -2.53. The van der Waals surface area contributed by atoms with Crippen molar-refractivity contribution in [2.75, 3.05) is 23.9 Å². The summed E-state index contributed by atoms with van der Waals surface area (Å²) in [5.74, 6) is 0.667. The molecule has 2 saturated heterocycles. The van der Waals surface area contributed by atoms with Crippen LogP contribution < -0.4 is 10.9 Å². The summed E-state index contributed by atoms with van der Waals surface area (Å²) < 4.78 is 0. The number of hydrazine groups is 2. The molecule has 0 bridgehead atoms. The lowest BCUT2D eigenvalue weighted by Crippen LogP contribution is -2.59. The Bertz CT molecular complexity index is 903. The fourth-order valence-electron chi connectivity index (χ4n) is 5.07. The Kier molecular flexibility index (Phi) is 5.70. The highest BCUT2D eigenvalue weighted by Gasteiger charge is 2.45. The van der Waals surface area contributed by atoms with Gasteiger partial charge >= 0.3 is 0 Å². The third-order valence-electron chi connectivity index (χ3n) is 9.11. The summed E-state index contributed by atoms with van der Waals surface area (Å²) in [6.07, 6.45) is 6.78. The number of benzene rings is 1. The maximum Gasteiger partial charge on any atom is 0.238 e. The predicted molar refractivity (Wildman–Crippen MR) is 134 cm³/mol. The Hall–Kier alpha value is -1.92. The Balaban J connectivity index is 1.56. The van der Waals surface area contributed by atoms with Crippen molar-refractivity contribution in [1.29, 1.82) is 0 Å². The molecule has 2 aromatic rings. The van der Waals surface area contributed by atoms with Crippen LogP contribution in [0.3, 0.4) is 0 Å². The molecule has 2 N–H and O–H groups in total. The summed E-state index contributed by atoms with van der Waals surface area (Å²) >= 11 is 0. The highest BCUT2D eigenvalue weighted by atomic mass is 15.6. The van der Waals surface area contributed by atoms with Gasteiger partial charge in [0.05, 0.1) is 11.2 Å². The first-order chi connectivity index (χ1) is 14.8. The molecule has 0 atom stereocenters. The molecule has 176 valence electrons. The zero-order chi connectivity index (χ0) is 23.4. The maximum absolute atomic E-state index is 4.88. The van der Waals surface area contributed by atoms with Crippen molar-refractivity contribution in [1.82, 2.24) is 20.0 Å². The number of rotatable bonds is 4. The van der Waals surface area contributed by atoms with Crippen molar-refractivity contribution in [3.63, 3.8) is 0 Å². The summed E-state index contributed by atoms with van der Waals surface area (Å²) in [4.78, 5) is 9.49. The van der Waals surface area contributed by atoms with Crippen molar-refractivity contribution >= 4 is 22.5 Å². The Morgan fingerprint density at radius 1 is 0.781 bits per heavy atom. The van der Waals surface area contributed by atoms with Crippen molar-refractivity contribution in [2.24, 2.45) is 10.8 Å². The minimum absolute atomic E-state index is 0.0135. The molecule has 6 heteroatoms. The van der Waals surface area contributed by atoms with E-state index in [-0.39, 0.29) is 21.9 Å². The van der Waals surface area contributed by atoms with Crippen molar-refractivity contribution in [2.45, 2.75) is 92.2 Å².